The zero-order valence-electron chi connectivity index (χ0n) is 11.5. The van der Waals surface area contributed by atoms with Gasteiger partial charge < -0.3 is 4.90 Å². The first-order chi connectivity index (χ1) is 8.60. The molecule has 0 aliphatic carbocycles. The molecule has 1 nitrogen and oxygen atoms in total. The number of unbranched alkanes of at least 4 members (excludes halogenated alkanes) is 2. The molecule has 0 heterocycles. The fraction of sp³-hybridized carbons (Fsp3) is 0.600. The van der Waals surface area contributed by atoms with E-state index in [1.165, 1.54) is 25.0 Å². The van der Waals surface area contributed by atoms with Crippen LogP contribution in [0, 0.1) is 5.82 Å². The van der Waals surface area contributed by atoms with E-state index in [-0.39, 0.29) is 5.82 Å². The molecule has 0 amide bonds. The van der Waals surface area contributed by atoms with Gasteiger partial charge in [-0.2, -0.15) is 0 Å². The SMILES string of the molecule is CCCCCN(c1ccc(F)cc1CCl)C(C)C. The molecule has 0 spiro atoms. The summed E-state index contributed by atoms with van der Waals surface area (Å²) in [6.07, 6.45) is 3.59. The summed E-state index contributed by atoms with van der Waals surface area (Å²) in [4.78, 5) is 2.31. The number of nitrogens with zero attached hydrogens (tertiary/aromatic N) is 1. The highest BCUT2D eigenvalue weighted by Gasteiger charge is 2.14. The number of hydrogen-bond acceptors (Lipinski definition) is 1. The molecule has 0 saturated heterocycles. The number of anilines is 1. The van der Waals surface area contributed by atoms with Crippen molar-refractivity contribution < 1.29 is 4.39 Å². The van der Waals surface area contributed by atoms with E-state index in [4.69, 9.17) is 11.6 Å². The van der Waals surface area contributed by atoms with Gasteiger partial charge >= 0.3 is 0 Å². The third-order valence-corrected chi connectivity index (χ3v) is 3.41. The van der Waals surface area contributed by atoms with Crippen molar-refractivity contribution in [1.82, 2.24) is 0 Å². The molecule has 1 aromatic rings. The lowest BCUT2D eigenvalue weighted by Gasteiger charge is -2.30. The van der Waals surface area contributed by atoms with Crippen LogP contribution in [0.2, 0.25) is 0 Å². The van der Waals surface area contributed by atoms with Crippen LogP contribution in [0.5, 0.6) is 0 Å². The van der Waals surface area contributed by atoms with E-state index < -0.39 is 0 Å². The summed E-state index contributed by atoms with van der Waals surface area (Å²) in [5.41, 5.74) is 1.94. The number of benzene rings is 1. The minimum atomic E-state index is -0.216. The van der Waals surface area contributed by atoms with Gasteiger partial charge in [0.2, 0.25) is 0 Å². The maximum absolute atomic E-state index is 13.2. The van der Waals surface area contributed by atoms with Crippen molar-refractivity contribution in [2.75, 3.05) is 11.4 Å². The van der Waals surface area contributed by atoms with Crippen LogP contribution in [0.1, 0.15) is 45.6 Å². The minimum Gasteiger partial charge on any atom is -0.369 e. The molecule has 0 fully saturated rings. The molecule has 0 unspecified atom stereocenters. The van der Waals surface area contributed by atoms with Crippen molar-refractivity contribution >= 4 is 17.3 Å². The Labute approximate surface area is 115 Å². The molecule has 0 N–H and O–H groups in total. The molecule has 0 aromatic heterocycles. The van der Waals surface area contributed by atoms with E-state index in [0.29, 0.717) is 11.9 Å². The molecule has 0 aliphatic heterocycles. The van der Waals surface area contributed by atoms with Crippen molar-refractivity contribution in [2.45, 2.75) is 52.0 Å². The van der Waals surface area contributed by atoms with Crippen molar-refractivity contribution in [3.05, 3.63) is 29.6 Å². The third-order valence-electron chi connectivity index (χ3n) is 3.12. The second-order valence-electron chi connectivity index (χ2n) is 4.90. The Hall–Kier alpha value is -0.760. The molecule has 3 heteroatoms. The van der Waals surface area contributed by atoms with E-state index in [2.05, 4.69) is 25.7 Å². The average molecular weight is 272 g/mol. The van der Waals surface area contributed by atoms with Crippen LogP contribution in [-0.2, 0) is 5.88 Å². The van der Waals surface area contributed by atoms with Crippen molar-refractivity contribution in [2.24, 2.45) is 0 Å². The first kappa shape index (κ1) is 15.3. The molecule has 1 rings (SSSR count). The van der Waals surface area contributed by atoms with Crippen LogP contribution >= 0.6 is 11.6 Å². The van der Waals surface area contributed by atoms with Gasteiger partial charge in [-0.3, -0.25) is 0 Å². The normalized spacial score (nSPS) is 11.0. The van der Waals surface area contributed by atoms with Gasteiger partial charge in [-0.05, 0) is 44.0 Å². The summed E-state index contributed by atoms with van der Waals surface area (Å²) in [6, 6.07) is 5.30. The van der Waals surface area contributed by atoms with Gasteiger partial charge in [0.25, 0.3) is 0 Å². The Morgan fingerprint density at radius 2 is 2.00 bits per heavy atom. The van der Waals surface area contributed by atoms with Crippen LogP contribution in [-0.4, -0.2) is 12.6 Å². The molecule has 1 aromatic carbocycles. The van der Waals surface area contributed by atoms with Gasteiger partial charge in [0, 0.05) is 24.2 Å². The lowest BCUT2D eigenvalue weighted by atomic mass is 10.1. The van der Waals surface area contributed by atoms with Gasteiger partial charge in [-0.1, -0.05) is 19.8 Å². The first-order valence-corrected chi connectivity index (χ1v) is 7.24. The van der Waals surface area contributed by atoms with Gasteiger partial charge in [-0.25, -0.2) is 4.39 Å². The number of halogens is 2. The van der Waals surface area contributed by atoms with Crippen LogP contribution < -0.4 is 4.90 Å². The predicted octanol–water partition coefficient (Wildman–Crippen LogP) is 4.97. The molecule has 0 bridgehead atoms. The lowest BCUT2D eigenvalue weighted by molar-refractivity contribution is 0.614. The highest BCUT2D eigenvalue weighted by atomic mass is 35.5. The van der Waals surface area contributed by atoms with Gasteiger partial charge in [0.15, 0.2) is 0 Å². The summed E-state index contributed by atoms with van der Waals surface area (Å²) >= 11 is 5.92. The second kappa shape index (κ2) is 7.63. The van der Waals surface area contributed by atoms with Gasteiger partial charge in [0.1, 0.15) is 5.82 Å². The zero-order valence-corrected chi connectivity index (χ0v) is 12.3. The largest absolute Gasteiger partial charge is 0.369 e. The topological polar surface area (TPSA) is 3.24 Å². The van der Waals surface area contributed by atoms with Crippen LogP contribution in [0.25, 0.3) is 0 Å². The summed E-state index contributed by atoms with van der Waals surface area (Å²) in [7, 11) is 0. The fourth-order valence-electron chi connectivity index (χ4n) is 2.13. The number of hydrogen-bond donors (Lipinski definition) is 0. The smallest absolute Gasteiger partial charge is 0.123 e. The fourth-order valence-corrected chi connectivity index (χ4v) is 2.34. The predicted molar refractivity (Wildman–Crippen MR) is 78.0 cm³/mol. The third kappa shape index (κ3) is 4.16. The standard InChI is InChI=1S/C15H23ClFN/c1-4-5-6-9-18(12(2)3)15-8-7-14(17)10-13(15)11-16/h7-8,10,12H,4-6,9,11H2,1-3H3. The lowest BCUT2D eigenvalue weighted by Crippen LogP contribution is -2.32. The van der Waals surface area contributed by atoms with E-state index >= 15 is 0 Å². The monoisotopic (exact) mass is 271 g/mol. The van der Waals surface area contributed by atoms with Crippen LogP contribution in [0.3, 0.4) is 0 Å². The Kier molecular flexibility index (Phi) is 6.48. The highest BCUT2D eigenvalue weighted by molar-refractivity contribution is 6.17. The molecule has 0 aliphatic rings. The maximum atomic E-state index is 13.2. The molecule has 0 atom stereocenters. The quantitative estimate of drug-likeness (QED) is 0.500. The Bertz CT molecular complexity index is 366. The molecular weight excluding hydrogens is 249 g/mol. The Morgan fingerprint density at radius 3 is 2.56 bits per heavy atom. The van der Waals surface area contributed by atoms with Crippen molar-refractivity contribution in [1.29, 1.82) is 0 Å². The van der Waals surface area contributed by atoms with Crippen LogP contribution in [0.4, 0.5) is 10.1 Å². The average Bonchev–Trinajstić information content (AvgIpc) is 2.35. The maximum Gasteiger partial charge on any atom is 0.123 e. The van der Waals surface area contributed by atoms with Crippen molar-refractivity contribution in [3.63, 3.8) is 0 Å². The summed E-state index contributed by atoms with van der Waals surface area (Å²) in [6.45, 7) is 7.52. The number of rotatable bonds is 7. The second-order valence-corrected chi connectivity index (χ2v) is 5.17. The summed E-state index contributed by atoms with van der Waals surface area (Å²) in [5.74, 6) is 0.135. The molecule has 102 valence electrons. The van der Waals surface area contributed by atoms with E-state index in [1.807, 2.05) is 6.07 Å². The molecule has 0 radical (unpaired) electrons. The Balaban J connectivity index is 2.90. The van der Waals surface area contributed by atoms with E-state index in [1.54, 1.807) is 0 Å². The Morgan fingerprint density at radius 1 is 1.28 bits per heavy atom. The molecule has 0 saturated carbocycles. The van der Waals surface area contributed by atoms with Crippen molar-refractivity contribution in [3.8, 4) is 0 Å². The van der Waals surface area contributed by atoms with E-state index in [9.17, 15) is 4.39 Å². The van der Waals surface area contributed by atoms with Gasteiger partial charge in [0.05, 0.1) is 0 Å². The van der Waals surface area contributed by atoms with Crippen LogP contribution in [0.15, 0.2) is 18.2 Å². The van der Waals surface area contributed by atoms with E-state index in [0.717, 1.165) is 24.2 Å². The molecule has 18 heavy (non-hydrogen) atoms. The summed E-state index contributed by atoms with van der Waals surface area (Å²) < 4.78 is 13.2. The summed E-state index contributed by atoms with van der Waals surface area (Å²) in [5, 5.41) is 0. The first-order valence-electron chi connectivity index (χ1n) is 6.71. The molecular formula is C15H23ClFN. The zero-order chi connectivity index (χ0) is 13.5. The van der Waals surface area contributed by atoms with Gasteiger partial charge in [-0.15, -0.1) is 11.6 Å². The number of alkyl halides is 1. The highest BCUT2D eigenvalue weighted by Crippen LogP contribution is 2.25. The minimum absolute atomic E-state index is 0.216.